The Morgan fingerprint density at radius 1 is 1.57 bits per heavy atom. The summed E-state index contributed by atoms with van der Waals surface area (Å²) in [6.07, 6.45) is 0. The molecule has 0 N–H and O–H groups in total. The van der Waals surface area contributed by atoms with Gasteiger partial charge in [-0.3, -0.25) is 4.99 Å². The highest BCUT2D eigenvalue weighted by molar-refractivity contribution is 8.14. The van der Waals surface area contributed by atoms with Crippen molar-refractivity contribution in [1.29, 1.82) is 0 Å². The fourth-order valence-electron chi connectivity index (χ4n) is 1.07. The summed E-state index contributed by atoms with van der Waals surface area (Å²) < 4.78 is 26.1. The Balaban J connectivity index is 2.84. The van der Waals surface area contributed by atoms with Crippen molar-refractivity contribution in [1.82, 2.24) is 8.61 Å². The van der Waals surface area contributed by atoms with Gasteiger partial charge in [0.25, 0.3) is 0 Å². The van der Waals surface area contributed by atoms with Crippen molar-refractivity contribution in [3.63, 3.8) is 0 Å². The van der Waals surface area contributed by atoms with Gasteiger partial charge in [-0.15, -0.1) is 0 Å². The van der Waals surface area contributed by atoms with E-state index in [4.69, 9.17) is 0 Å². The van der Waals surface area contributed by atoms with Gasteiger partial charge in [-0.1, -0.05) is 18.7 Å². The van der Waals surface area contributed by atoms with E-state index in [1.165, 1.54) is 34.5 Å². The SMILES string of the molecule is CCSC1=NCCN1S(=O)(=O)N(C)C. The average Bonchev–Trinajstić information content (AvgIpc) is 2.53. The first-order valence-corrected chi connectivity index (χ1v) is 6.76. The molecule has 0 amide bonds. The van der Waals surface area contributed by atoms with Crippen LogP contribution in [0.5, 0.6) is 0 Å². The topological polar surface area (TPSA) is 53.0 Å². The Morgan fingerprint density at radius 2 is 2.21 bits per heavy atom. The lowest BCUT2D eigenvalue weighted by Crippen LogP contribution is -2.41. The van der Waals surface area contributed by atoms with Crippen LogP contribution in [0, 0.1) is 0 Å². The van der Waals surface area contributed by atoms with E-state index < -0.39 is 10.2 Å². The number of amidine groups is 1. The molecule has 0 unspecified atom stereocenters. The van der Waals surface area contributed by atoms with Gasteiger partial charge in [0.2, 0.25) is 0 Å². The first-order valence-electron chi connectivity index (χ1n) is 4.37. The summed E-state index contributed by atoms with van der Waals surface area (Å²) in [5, 5.41) is 0.612. The standard InChI is InChI=1S/C7H15N3O2S2/c1-4-13-7-8-5-6-10(7)14(11,12)9(2)3/h4-6H2,1-3H3. The number of hydrogen-bond donors (Lipinski definition) is 0. The summed E-state index contributed by atoms with van der Waals surface area (Å²) in [6, 6.07) is 0. The lowest BCUT2D eigenvalue weighted by Gasteiger charge is -2.23. The normalized spacial score (nSPS) is 17.7. The maximum atomic E-state index is 11.8. The zero-order chi connectivity index (χ0) is 10.8. The molecule has 7 heteroatoms. The van der Waals surface area contributed by atoms with Crippen LogP contribution in [0.3, 0.4) is 0 Å². The van der Waals surface area contributed by atoms with Crippen LogP contribution in [-0.4, -0.2) is 55.1 Å². The molecule has 1 rings (SSSR count). The smallest absolute Gasteiger partial charge is 0.260 e. The lowest BCUT2D eigenvalue weighted by molar-refractivity contribution is 0.468. The van der Waals surface area contributed by atoms with Gasteiger partial charge in [-0.25, -0.2) is 4.31 Å². The molecule has 5 nitrogen and oxygen atoms in total. The molecular weight excluding hydrogens is 222 g/mol. The molecule has 0 saturated heterocycles. The van der Waals surface area contributed by atoms with Crippen molar-refractivity contribution in [3.8, 4) is 0 Å². The van der Waals surface area contributed by atoms with Gasteiger partial charge in [0.05, 0.1) is 13.1 Å². The molecule has 0 aromatic heterocycles. The Morgan fingerprint density at radius 3 is 2.71 bits per heavy atom. The molecule has 0 atom stereocenters. The number of thioether (sulfide) groups is 1. The lowest BCUT2D eigenvalue weighted by atomic mass is 10.7. The highest BCUT2D eigenvalue weighted by Gasteiger charge is 2.30. The fraction of sp³-hybridized carbons (Fsp3) is 0.857. The average molecular weight is 237 g/mol. The van der Waals surface area contributed by atoms with Gasteiger partial charge in [0.15, 0.2) is 5.17 Å². The van der Waals surface area contributed by atoms with Gasteiger partial charge in [-0.2, -0.15) is 12.7 Å². The van der Waals surface area contributed by atoms with Crippen LogP contribution < -0.4 is 0 Å². The number of nitrogens with zero attached hydrogens (tertiary/aromatic N) is 3. The minimum absolute atomic E-state index is 0.461. The monoisotopic (exact) mass is 237 g/mol. The maximum absolute atomic E-state index is 11.8. The predicted molar refractivity (Wildman–Crippen MR) is 59.7 cm³/mol. The van der Waals surface area contributed by atoms with Gasteiger partial charge in [0.1, 0.15) is 0 Å². The van der Waals surface area contributed by atoms with E-state index in [9.17, 15) is 8.42 Å². The molecule has 1 aliphatic heterocycles. The van der Waals surface area contributed by atoms with Crippen molar-refractivity contribution >= 4 is 27.1 Å². The van der Waals surface area contributed by atoms with Crippen molar-refractivity contribution in [2.45, 2.75) is 6.92 Å². The van der Waals surface area contributed by atoms with Crippen LogP contribution in [0.4, 0.5) is 0 Å². The van der Waals surface area contributed by atoms with Crippen LogP contribution >= 0.6 is 11.8 Å². The van der Waals surface area contributed by atoms with Gasteiger partial charge in [-0.05, 0) is 5.75 Å². The van der Waals surface area contributed by atoms with E-state index in [-0.39, 0.29) is 0 Å². The third-order valence-electron chi connectivity index (χ3n) is 1.78. The van der Waals surface area contributed by atoms with E-state index in [1.54, 1.807) is 0 Å². The van der Waals surface area contributed by atoms with Crippen molar-refractivity contribution in [2.75, 3.05) is 32.9 Å². The van der Waals surface area contributed by atoms with Crippen LogP contribution in [0.25, 0.3) is 0 Å². The van der Waals surface area contributed by atoms with E-state index in [0.717, 1.165) is 5.75 Å². The molecule has 0 radical (unpaired) electrons. The number of hydrogen-bond acceptors (Lipinski definition) is 4. The second-order valence-corrected chi connectivity index (χ2v) is 6.26. The Hall–Kier alpha value is -0.270. The number of aliphatic imine (C=N–C) groups is 1. The number of rotatable bonds is 3. The molecule has 0 saturated carbocycles. The van der Waals surface area contributed by atoms with E-state index >= 15 is 0 Å². The van der Waals surface area contributed by atoms with Crippen LogP contribution in [-0.2, 0) is 10.2 Å². The summed E-state index contributed by atoms with van der Waals surface area (Å²) in [4.78, 5) is 4.16. The zero-order valence-corrected chi connectivity index (χ0v) is 10.2. The van der Waals surface area contributed by atoms with Crippen LogP contribution in [0.15, 0.2) is 4.99 Å². The summed E-state index contributed by atoms with van der Waals surface area (Å²) in [5.74, 6) is 0.832. The van der Waals surface area contributed by atoms with Crippen molar-refractivity contribution < 1.29 is 8.42 Å². The Bertz CT molecular complexity index is 324. The third kappa shape index (κ3) is 2.21. The molecule has 0 aliphatic carbocycles. The van der Waals surface area contributed by atoms with Crippen molar-refractivity contribution in [3.05, 3.63) is 0 Å². The molecule has 0 aromatic rings. The highest BCUT2D eigenvalue weighted by atomic mass is 32.2. The third-order valence-corrected chi connectivity index (χ3v) is 4.62. The summed E-state index contributed by atoms with van der Waals surface area (Å²) >= 11 is 1.46. The second kappa shape index (κ2) is 4.50. The summed E-state index contributed by atoms with van der Waals surface area (Å²) in [6.45, 7) is 3.00. The maximum Gasteiger partial charge on any atom is 0.305 e. The molecule has 0 aromatic carbocycles. The molecule has 0 fully saturated rings. The van der Waals surface area contributed by atoms with E-state index in [0.29, 0.717) is 18.3 Å². The van der Waals surface area contributed by atoms with Gasteiger partial charge >= 0.3 is 10.2 Å². The second-order valence-electron chi connectivity index (χ2n) is 2.96. The zero-order valence-electron chi connectivity index (χ0n) is 8.60. The van der Waals surface area contributed by atoms with E-state index in [2.05, 4.69) is 4.99 Å². The quantitative estimate of drug-likeness (QED) is 0.705. The first kappa shape index (κ1) is 11.8. The molecular formula is C7H15N3O2S2. The minimum atomic E-state index is -3.33. The molecule has 0 spiro atoms. The van der Waals surface area contributed by atoms with Gasteiger partial charge < -0.3 is 0 Å². The molecule has 14 heavy (non-hydrogen) atoms. The summed E-state index contributed by atoms with van der Waals surface area (Å²) in [5.41, 5.74) is 0. The summed E-state index contributed by atoms with van der Waals surface area (Å²) in [7, 11) is -0.274. The predicted octanol–water partition coefficient (Wildman–Crippen LogP) is 0.218. The molecule has 82 valence electrons. The van der Waals surface area contributed by atoms with Crippen LogP contribution in [0.2, 0.25) is 0 Å². The first-order chi connectivity index (χ1) is 6.50. The van der Waals surface area contributed by atoms with Crippen molar-refractivity contribution in [2.24, 2.45) is 4.99 Å². The molecule has 0 bridgehead atoms. The molecule has 1 aliphatic rings. The van der Waals surface area contributed by atoms with Crippen LogP contribution in [0.1, 0.15) is 6.92 Å². The highest BCUT2D eigenvalue weighted by Crippen LogP contribution is 2.18. The van der Waals surface area contributed by atoms with Gasteiger partial charge in [0, 0.05) is 14.1 Å². The molecule has 1 heterocycles. The fourth-order valence-corrected chi connectivity index (χ4v) is 3.15. The largest absolute Gasteiger partial charge is 0.305 e. The Kier molecular flexibility index (Phi) is 3.79. The van der Waals surface area contributed by atoms with E-state index in [1.807, 2.05) is 6.92 Å². The Labute approximate surface area is 89.4 Å². The minimum Gasteiger partial charge on any atom is -0.260 e.